The average Bonchev–Trinajstić information content (AvgIpc) is 3.13. The molecule has 29 heavy (non-hydrogen) atoms. The van der Waals surface area contributed by atoms with E-state index in [0.29, 0.717) is 24.7 Å². The van der Waals surface area contributed by atoms with Crippen LogP contribution in [0, 0.1) is 5.82 Å². The highest BCUT2D eigenvalue weighted by atomic mass is 19.1. The fourth-order valence-electron chi connectivity index (χ4n) is 4.01. The number of hydrogen-bond acceptors (Lipinski definition) is 3. The quantitative estimate of drug-likeness (QED) is 0.691. The summed E-state index contributed by atoms with van der Waals surface area (Å²) in [6.07, 6.45) is 5.57. The van der Waals surface area contributed by atoms with Crippen LogP contribution in [0.1, 0.15) is 42.1 Å². The van der Waals surface area contributed by atoms with E-state index in [1.807, 2.05) is 22.9 Å². The summed E-state index contributed by atoms with van der Waals surface area (Å²) >= 11 is 0. The number of hydrogen-bond donors (Lipinski definition) is 1. The van der Waals surface area contributed by atoms with Crippen molar-refractivity contribution in [2.45, 2.75) is 38.8 Å². The second kappa shape index (κ2) is 8.74. The summed E-state index contributed by atoms with van der Waals surface area (Å²) in [5.74, 6) is -0.317. The molecule has 1 aliphatic rings. The van der Waals surface area contributed by atoms with Crippen LogP contribution in [-0.4, -0.2) is 46.3 Å². The maximum atomic E-state index is 13.1. The molecule has 3 aromatic rings. The van der Waals surface area contributed by atoms with Gasteiger partial charge in [0.2, 0.25) is 0 Å². The van der Waals surface area contributed by atoms with E-state index >= 15 is 0 Å². The Morgan fingerprint density at radius 3 is 2.83 bits per heavy atom. The van der Waals surface area contributed by atoms with Crippen molar-refractivity contribution >= 4 is 16.8 Å². The van der Waals surface area contributed by atoms with Gasteiger partial charge in [-0.1, -0.05) is 24.6 Å². The van der Waals surface area contributed by atoms with Gasteiger partial charge in [-0.3, -0.25) is 14.4 Å². The van der Waals surface area contributed by atoms with Crippen molar-refractivity contribution in [2.75, 3.05) is 19.6 Å². The number of fused-ring (bicyclic) bond motifs is 1. The zero-order valence-corrected chi connectivity index (χ0v) is 16.8. The maximum absolute atomic E-state index is 13.1. The molecule has 1 amide bonds. The van der Waals surface area contributed by atoms with E-state index in [-0.39, 0.29) is 11.7 Å². The average molecular weight is 394 g/mol. The van der Waals surface area contributed by atoms with Gasteiger partial charge in [0.15, 0.2) is 0 Å². The second-order valence-electron chi connectivity index (χ2n) is 7.84. The molecule has 1 saturated heterocycles. The monoisotopic (exact) mass is 394 g/mol. The van der Waals surface area contributed by atoms with E-state index in [1.165, 1.54) is 31.4 Å². The van der Waals surface area contributed by atoms with Gasteiger partial charge in [-0.2, -0.15) is 5.10 Å². The topological polar surface area (TPSA) is 50.2 Å². The van der Waals surface area contributed by atoms with Crippen molar-refractivity contribution in [3.8, 4) is 0 Å². The number of carbonyl (C=O) groups excluding carboxylic acids is 1. The van der Waals surface area contributed by atoms with Gasteiger partial charge in [-0.15, -0.1) is 0 Å². The minimum atomic E-state index is -0.253. The van der Waals surface area contributed by atoms with Gasteiger partial charge in [0.05, 0.1) is 18.3 Å². The van der Waals surface area contributed by atoms with Gasteiger partial charge < -0.3 is 5.32 Å². The number of amides is 1. The van der Waals surface area contributed by atoms with Crippen LogP contribution in [0.4, 0.5) is 4.39 Å². The van der Waals surface area contributed by atoms with E-state index in [9.17, 15) is 9.18 Å². The molecular weight excluding hydrogens is 367 g/mol. The zero-order valence-electron chi connectivity index (χ0n) is 16.8. The lowest BCUT2D eigenvalue weighted by Crippen LogP contribution is -2.42. The van der Waals surface area contributed by atoms with Crippen molar-refractivity contribution in [3.63, 3.8) is 0 Å². The predicted octanol–water partition coefficient (Wildman–Crippen LogP) is 3.83. The Morgan fingerprint density at radius 1 is 1.21 bits per heavy atom. The lowest BCUT2D eigenvalue weighted by molar-refractivity contribution is 0.0938. The van der Waals surface area contributed by atoms with Gasteiger partial charge in [0.1, 0.15) is 5.82 Å². The van der Waals surface area contributed by atoms with Gasteiger partial charge in [0, 0.05) is 30.1 Å². The molecule has 1 aliphatic heterocycles. The number of benzene rings is 2. The fourth-order valence-corrected chi connectivity index (χ4v) is 4.01. The summed E-state index contributed by atoms with van der Waals surface area (Å²) in [6, 6.07) is 12.6. The number of nitrogens with zero attached hydrogens (tertiary/aromatic N) is 3. The smallest absolute Gasteiger partial charge is 0.251 e. The Balaban J connectivity index is 1.42. The van der Waals surface area contributed by atoms with Crippen LogP contribution in [0.3, 0.4) is 0 Å². The van der Waals surface area contributed by atoms with Crippen molar-refractivity contribution in [2.24, 2.45) is 0 Å². The predicted molar refractivity (Wildman–Crippen MR) is 112 cm³/mol. The molecule has 1 atom stereocenters. The van der Waals surface area contributed by atoms with E-state index < -0.39 is 0 Å². The first kappa shape index (κ1) is 19.6. The minimum absolute atomic E-state index is 0.0638. The van der Waals surface area contributed by atoms with Crippen LogP contribution in [0.25, 0.3) is 10.9 Å². The molecular formula is C23H27FN4O. The molecule has 0 bridgehead atoms. The van der Waals surface area contributed by atoms with Crippen molar-refractivity contribution in [1.82, 2.24) is 20.0 Å². The summed E-state index contributed by atoms with van der Waals surface area (Å²) < 4.78 is 15.0. The molecule has 1 aromatic heterocycles. The summed E-state index contributed by atoms with van der Waals surface area (Å²) in [4.78, 5) is 15.1. The standard InChI is InChI=1S/C23H27FN4O/c1-17-4-2-3-12-27(17)13-11-25-23(29)19-7-8-20-15-26-28(22(20)14-19)16-18-5-9-21(24)10-6-18/h5-10,14-15,17H,2-4,11-13,16H2,1H3,(H,25,29)/t17-/m0/s1. The zero-order chi connectivity index (χ0) is 20.2. The number of likely N-dealkylation sites (tertiary alicyclic amines) is 1. The summed E-state index contributed by atoms with van der Waals surface area (Å²) in [5, 5.41) is 8.45. The van der Waals surface area contributed by atoms with Crippen LogP contribution < -0.4 is 5.32 Å². The Bertz CT molecular complexity index is 982. The van der Waals surface area contributed by atoms with Gasteiger partial charge >= 0.3 is 0 Å². The Kier molecular flexibility index (Phi) is 5.90. The van der Waals surface area contributed by atoms with Crippen LogP contribution >= 0.6 is 0 Å². The van der Waals surface area contributed by atoms with Crippen LogP contribution in [0.15, 0.2) is 48.7 Å². The Labute approximate surface area is 170 Å². The number of rotatable bonds is 6. The molecule has 1 fully saturated rings. The number of halogens is 1. The molecule has 0 unspecified atom stereocenters. The Hall–Kier alpha value is -2.73. The number of aromatic nitrogens is 2. The first-order valence-corrected chi connectivity index (χ1v) is 10.3. The lowest BCUT2D eigenvalue weighted by Gasteiger charge is -2.33. The van der Waals surface area contributed by atoms with E-state index in [4.69, 9.17) is 0 Å². The van der Waals surface area contributed by atoms with E-state index in [2.05, 4.69) is 22.2 Å². The molecule has 152 valence electrons. The maximum Gasteiger partial charge on any atom is 0.251 e. The lowest BCUT2D eigenvalue weighted by atomic mass is 10.0. The first-order valence-electron chi connectivity index (χ1n) is 10.3. The third-order valence-electron chi connectivity index (χ3n) is 5.78. The summed E-state index contributed by atoms with van der Waals surface area (Å²) in [7, 11) is 0. The first-order chi connectivity index (χ1) is 14.1. The second-order valence-corrected chi connectivity index (χ2v) is 7.84. The molecule has 5 nitrogen and oxygen atoms in total. The molecule has 2 aromatic carbocycles. The normalized spacial score (nSPS) is 17.5. The van der Waals surface area contributed by atoms with E-state index in [0.717, 1.165) is 29.6 Å². The van der Waals surface area contributed by atoms with Gasteiger partial charge in [0.25, 0.3) is 5.91 Å². The highest BCUT2D eigenvalue weighted by Crippen LogP contribution is 2.18. The minimum Gasteiger partial charge on any atom is -0.351 e. The molecule has 1 N–H and O–H groups in total. The summed E-state index contributed by atoms with van der Waals surface area (Å²) in [6.45, 7) is 5.44. The van der Waals surface area contributed by atoms with Crippen LogP contribution in [-0.2, 0) is 6.54 Å². The van der Waals surface area contributed by atoms with Crippen molar-refractivity contribution in [3.05, 3.63) is 65.6 Å². The number of nitrogens with one attached hydrogen (secondary N) is 1. The van der Waals surface area contributed by atoms with Crippen molar-refractivity contribution < 1.29 is 9.18 Å². The molecule has 0 aliphatic carbocycles. The van der Waals surface area contributed by atoms with Crippen LogP contribution in [0.5, 0.6) is 0 Å². The van der Waals surface area contributed by atoms with Gasteiger partial charge in [-0.05, 0) is 56.1 Å². The molecule has 0 spiro atoms. The van der Waals surface area contributed by atoms with Crippen LogP contribution in [0.2, 0.25) is 0 Å². The summed E-state index contributed by atoms with van der Waals surface area (Å²) in [5.41, 5.74) is 2.48. The Morgan fingerprint density at radius 2 is 2.03 bits per heavy atom. The largest absolute Gasteiger partial charge is 0.351 e. The SMILES string of the molecule is C[C@H]1CCCCN1CCNC(=O)c1ccc2cnn(Cc3ccc(F)cc3)c2c1. The molecule has 2 heterocycles. The highest BCUT2D eigenvalue weighted by Gasteiger charge is 2.18. The molecule has 0 saturated carbocycles. The molecule has 6 heteroatoms. The third-order valence-corrected chi connectivity index (χ3v) is 5.78. The number of piperidine rings is 1. The highest BCUT2D eigenvalue weighted by molar-refractivity contribution is 5.97. The molecule has 4 rings (SSSR count). The molecule has 0 radical (unpaired) electrons. The fraction of sp³-hybridized carbons (Fsp3) is 0.391. The van der Waals surface area contributed by atoms with E-state index in [1.54, 1.807) is 18.3 Å². The third kappa shape index (κ3) is 4.65. The van der Waals surface area contributed by atoms with Gasteiger partial charge in [-0.25, -0.2) is 4.39 Å². The number of carbonyl (C=O) groups is 1. The van der Waals surface area contributed by atoms with Crippen molar-refractivity contribution in [1.29, 1.82) is 0 Å².